The summed E-state index contributed by atoms with van der Waals surface area (Å²) in [6, 6.07) is 8.86. The van der Waals surface area contributed by atoms with Crippen LogP contribution in [-0.4, -0.2) is 20.5 Å². The third kappa shape index (κ3) is 2.53. The van der Waals surface area contributed by atoms with E-state index in [9.17, 15) is 8.78 Å². The summed E-state index contributed by atoms with van der Waals surface area (Å²) in [5, 5.41) is 12.1. The highest BCUT2D eigenvalue weighted by molar-refractivity contribution is 6.01. The second-order valence-corrected chi connectivity index (χ2v) is 3.62. The number of hydrogen-bond donors (Lipinski definition) is 1. The van der Waals surface area contributed by atoms with E-state index in [0.717, 1.165) is 4.57 Å². The molecule has 4 nitrogen and oxygen atoms in total. The maximum atomic E-state index is 12.6. The van der Waals surface area contributed by atoms with Crippen LogP contribution in [0.25, 0.3) is 0 Å². The molecule has 0 bridgehead atoms. The van der Waals surface area contributed by atoms with Crippen molar-refractivity contribution >= 4 is 5.71 Å². The Morgan fingerprint density at radius 1 is 1.33 bits per heavy atom. The van der Waals surface area contributed by atoms with Gasteiger partial charge in [0.2, 0.25) is 0 Å². The summed E-state index contributed by atoms with van der Waals surface area (Å²) >= 11 is 0. The van der Waals surface area contributed by atoms with Crippen molar-refractivity contribution in [2.45, 2.75) is 13.0 Å². The zero-order chi connectivity index (χ0) is 13.0. The first kappa shape index (κ1) is 12.2. The second-order valence-electron chi connectivity index (χ2n) is 3.62. The van der Waals surface area contributed by atoms with Gasteiger partial charge in [-0.05, 0) is 5.56 Å². The van der Waals surface area contributed by atoms with E-state index in [1.807, 2.05) is 6.07 Å². The van der Waals surface area contributed by atoms with Crippen LogP contribution in [0, 0.1) is 0 Å². The van der Waals surface area contributed by atoms with E-state index in [2.05, 4.69) is 10.1 Å². The van der Waals surface area contributed by atoms with E-state index in [4.69, 9.17) is 5.21 Å². The molecule has 0 saturated heterocycles. The lowest BCUT2D eigenvalue weighted by Crippen LogP contribution is -2.11. The highest BCUT2D eigenvalue weighted by atomic mass is 19.3. The first-order valence-corrected chi connectivity index (χ1v) is 5.28. The molecular formula is C12H11F2N3O. The summed E-state index contributed by atoms with van der Waals surface area (Å²) < 4.78 is 26.0. The SMILES string of the molecule is ON=C(Cc1nccn1C(F)F)c1ccccc1. The molecule has 0 fully saturated rings. The summed E-state index contributed by atoms with van der Waals surface area (Å²) in [6.45, 7) is -2.65. The fourth-order valence-corrected chi connectivity index (χ4v) is 1.63. The minimum absolute atomic E-state index is 0.0395. The third-order valence-corrected chi connectivity index (χ3v) is 2.51. The van der Waals surface area contributed by atoms with Gasteiger partial charge in [-0.1, -0.05) is 35.5 Å². The Balaban J connectivity index is 2.25. The largest absolute Gasteiger partial charge is 0.411 e. The van der Waals surface area contributed by atoms with Gasteiger partial charge in [0.1, 0.15) is 5.82 Å². The van der Waals surface area contributed by atoms with Crippen molar-refractivity contribution in [1.82, 2.24) is 9.55 Å². The van der Waals surface area contributed by atoms with Gasteiger partial charge in [-0.25, -0.2) is 4.98 Å². The van der Waals surface area contributed by atoms with Crippen LogP contribution in [0.2, 0.25) is 0 Å². The van der Waals surface area contributed by atoms with Gasteiger partial charge < -0.3 is 5.21 Å². The fourth-order valence-electron chi connectivity index (χ4n) is 1.63. The number of oxime groups is 1. The average Bonchev–Trinajstić information content (AvgIpc) is 2.85. The summed E-state index contributed by atoms with van der Waals surface area (Å²) in [7, 11) is 0. The molecule has 94 valence electrons. The Morgan fingerprint density at radius 3 is 2.67 bits per heavy atom. The Morgan fingerprint density at radius 2 is 2.06 bits per heavy atom. The molecule has 2 rings (SSSR count). The summed E-state index contributed by atoms with van der Waals surface area (Å²) in [6.07, 6.45) is 2.53. The van der Waals surface area contributed by atoms with Crippen LogP contribution < -0.4 is 0 Å². The van der Waals surface area contributed by atoms with E-state index in [1.54, 1.807) is 24.3 Å². The monoisotopic (exact) mass is 251 g/mol. The van der Waals surface area contributed by atoms with Gasteiger partial charge in [0.25, 0.3) is 0 Å². The molecule has 1 aromatic heterocycles. The number of nitrogens with zero attached hydrogens (tertiary/aromatic N) is 3. The maximum absolute atomic E-state index is 12.6. The van der Waals surface area contributed by atoms with Crippen molar-refractivity contribution in [1.29, 1.82) is 0 Å². The van der Waals surface area contributed by atoms with Gasteiger partial charge in [-0.2, -0.15) is 8.78 Å². The van der Waals surface area contributed by atoms with Gasteiger partial charge >= 0.3 is 6.55 Å². The van der Waals surface area contributed by atoms with Crippen LogP contribution in [0.15, 0.2) is 47.9 Å². The molecule has 2 aromatic rings. The molecule has 0 aliphatic carbocycles. The molecule has 0 unspecified atom stereocenters. The molecule has 0 spiro atoms. The Kier molecular flexibility index (Phi) is 3.66. The molecule has 0 radical (unpaired) electrons. The second kappa shape index (κ2) is 5.39. The minimum Gasteiger partial charge on any atom is -0.411 e. The van der Waals surface area contributed by atoms with Crippen LogP contribution in [0.4, 0.5) is 8.78 Å². The highest BCUT2D eigenvalue weighted by Gasteiger charge is 2.14. The first-order chi connectivity index (χ1) is 8.72. The van der Waals surface area contributed by atoms with Crippen molar-refractivity contribution in [2.24, 2.45) is 5.16 Å². The van der Waals surface area contributed by atoms with Gasteiger partial charge in [-0.3, -0.25) is 4.57 Å². The lowest BCUT2D eigenvalue weighted by molar-refractivity contribution is 0.0676. The number of aromatic nitrogens is 2. The lowest BCUT2D eigenvalue weighted by atomic mass is 10.1. The number of halogens is 2. The van der Waals surface area contributed by atoms with Crippen molar-refractivity contribution in [3.63, 3.8) is 0 Å². The average molecular weight is 251 g/mol. The van der Waals surface area contributed by atoms with E-state index < -0.39 is 6.55 Å². The molecule has 0 saturated carbocycles. The summed E-state index contributed by atoms with van der Waals surface area (Å²) in [5.41, 5.74) is 0.965. The first-order valence-electron chi connectivity index (χ1n) is 5.28. The number of hydrogen-bond acceptors (Lipinski definition) is 3. The van der Waals surface area contributed by atoms with Crippen LogP contribution in [-0.2, 0) is 6.42 Å². The van der Waals surface area contributed by atoms with Crippen molar-refractivity contribution in [3.05, 3.63) is 54.1 Å². The molecule has 18 heavy (non-hydrogen) atoms. The van der Waals surface area contributed by atoms with Gasteiger partial charge in [0.15, 0.2) is 0 Å². The molecule has 6 heteroatoms. The lowest BCUT2D eigenvalue weighted by Gasteiger charge is -2.07. The smallest absolute Gasteiger partial charge is 0.319 e. The molecular weight excluding hydrogens is 240 g/mol. The quantitative estimate of drug-likeness (QED) is 0.516. The fraction of sp³-hybridized carbons (Fsp3) is 0.167. The number of imidazole rings is 1. The molecule has 0 atom stereocenters. The van der Waals surface area contributed by atoms with Crippen LogP contribution in [0.5, 0.6) is 0 Å². The van der Waals surface area contributed by atoms with E-state index >= 15 is 0 Å². The van der Waals surface area contributed by atoms with Gasteiger partial charge in [0.05, 0.1) is 12.1 Å². The molecule has 1 N–H and O–H groups in total. The van der Waals surface area contributed by atoms with E-state index in [-0.39, 0.29) is 12.2 Å². The van der Waals surface area contributed by atoms with E-state index in [0.29, 0.717) is 11.3 Å². The molecule has 1 aromatic carbocycles. The van der Waals surface area contributed by atoms with E-state index in [1.165, 1.54) is 12.4 Å². The minimum atomic E-state index is -2.65. The van der Waals surface area contributed by atoms with Gasteiger partial charge in [0, 0.05) is 12.4 Å². The topological polar surface area (TPSA) is 50.4 Å². The maximum Gasteiger partial charge on any atom is 0.319 e. The Bertz CT molecular complexity index is 537. The van der Waals surface area contributed by atoms with Crippen molar-refractivity contribution in [2.75, 3.05) is 0 Å². The molecule has 0 amide bonds. The predicted molar refractivity (Wildman–Crippen MR) is 61.9 cm³/mol. The number of benzene rings is 1. The van der Waals surface area contributed by atoms with Crippen LogP contribution >= 0.6 is 0 Å². The third-order valence-electron chi connectivity index (χ3n) is 2.51. The van der Waals surface area contributed by atoms with Crippen molar-refractivity contribution in [3.8, 4) is 0 Å². The van der Waals surface area contributed by atoms with Crippen LogP contribution in [0.1, 0.15) is 17.9 Å². The summed E-state index contributed by atoms with van der Waals surface area (Å²) in [4.78, 5) is 3.84. The summed E-state index contributed by atoms with van der Waals surface area (Å²) in [5.74, 6) is 0.154. The molecule has 1 heterocycles. The number of alkyl halides is 2. The Hall–Kier alpha value is -2.24. The molecule has 0 aliphatic rings. The zero-order valence-electron chi connectivity index (χ0n) is 9.37. The number of rotatable bonds is 4. The highest BCUT2D eigenvalue weighted by Crippen LogP contribution is 2.14. The van der Waals surface area contributed by atoms with Gasteiger partial charge in [-0.15, -0.1) is 0 Å². The standard InChI is InChI=1S/C12H11F2N3O/c13-12(14)17-7-6-15-11(17)8-10(16-18)9-4-2-1-3-5-9/h1-7,12,18H,8H2. The zero-order valence-corrected chi connectivity index (χ0v) is 9.37. The normalized spacial score (nSPS) is 12.1. The predicted octanol–water partition coefficient (Wildman–Crippen LogP) is 2.70. The van der Waals surface area contributed by atoms with Crippen molar-refractivity contribution < 1.29 is 14.0 Å². The Labute approximate surface area is 102 Å². The van der Waals surface area contributed by atoms with Crippen LogP contribution in [0.3, 0.4) is 0 Å². The molecule has 0 aliphatic heterocycles.